The number of rotatable bonds is 10. The van der Waals surface area contributed by atoms with Crippen LogP contribution in [0.25, 0.3) is 10.9 Å². The molecule has 3 heterocycles. The molecule has 39 heavy (non-hydrogen) atoms. The van der Waals surface area contributed by atoms with Crippen molar-refractivity contribution in [3.8, 4) is 12.3 Å². The summed E-state index contributed by atoms with van der Waals surface area (Å²) in [7, 11) is 1.24. The van der Waals surface area contributed by atoms with Crippen molar-refractivity contribution in [3.63, 3.8) is 0 Å². The molecule has 4 rings (SSSR count). The van der Waals surface area contributed by atoms with Gasteiger partial charge in [-0.3, -0.25) is 9.59 Å². The van der Waals surface area contributed by atoms with Crippen molar-refractivity contribution >= 4 is 28.5 Å². The highest BCUT2D eigenvalue weighted by Crippen LogP contribution is 2.21. The zero-order valence-electron chi connectivity index (χ0n) is 21.7. The zero-order valence-corrected chi connectivity index (χ0v) is 21.7. The van der Waals surface area contributed by atoms with Crippen LogP contribution in [0.2, 0.25) is 0 Å². The number of amides is 1. The van der Waals surface area contributed by atoms with E-state index in [1.54, 1.807) is 19.1 Å². The Morgan fingerprint density at radius 2 is 2.08 bits per heavy atom. The average Bonchev–Trinajstić information content (AvgIpc) is 3.44. The Hall–Kier alpha value is -5.12. The number of anilines is 1. The van der Waals surface area contributed by atoms with Gasteiger partial charge in [-0.25, -0.2) is 14.8 Å². The van der Waals surface area contributed by atoms with Gasteiger partial charge in [0, 0.05) is 13.0 Å². The first-order chi connectivity index (χ1) is 18.8. The second-order valence-corrected chi connectivity index (χ2v) is 8.82. The number of carbonyl (C=O) groups excluding carboxylic acids is 2. The molecule has 0 saturated carbocycles. The lowest BCUT2D eigenvalue weighted by Crippen LogP contribution is -2.42. The first kappa shape index (κ1) is 26.9. The normalized spacial score (nSPS) is 11.5. The number of H-pyrrole nitrogens is 2. The number of benzene rings is 1. The summed E-state index contributed by atoms with van der Waals surface area (Å²) >= 11 is 0. The van der Waals surface area contributed by atoms with E-state index in [-0.39, 0.29) is 24.2 Å². The van der Waals surface area contributed by atoms with Crippen LogP contribution in [0.4, 0.5) is 5.69 Å². The summed E-state index contributed by atoms with van der Waals surface area (Å²) in [5, 5.41) is 16.6. The SMILES string of the molecule is C#CCN(Cc1cc2c(=O)[nH]c(C)nc2cc1C)c1ccc(C(=O)N[C@@H](CCc2nn[nH]n2)C(=O)OC)nc1. The predicted octanol–water partition coefficient (Wildman–Crippen LogP) is 0.992. The lowest BCUT2D eigenvalue weighted by molar-refractivity contribution is -0.143. The number of nitrogens with one attached hydrogen (secondary N) is 3. The number of esters is 1. The Bertz CT molecular complexity index is 1570. The summed E-state index contributed by atoms with van der Waals surface area (Å²) in [5.41, 5.74) is 3.07. The highest BCUT2D eigenvalue weighted by atomic mass is 16.5. The molecule has 0 saturated heterocycles. The maximum absolute atomic E-state index is 12.8. The van der Waals surface area contributed by atoms with Gasteiger partial charge in [0.25, 0.3) is 11.5 Å². The third kappa shape index (κ3) is 6.42. The molecule has 200 valence electrons. The molecule has 1 amide bonds. The number of fused-ring (bicyclic) bond motifs is 1. The summed E-state index contributed by atoms with van der Waals surface area (Å²) in [5.74, 6) is 2.46. The summed E-state index contributed by atoms with van der Waals surface area (Å²) < 4.78 is 4.81. The fraction of sp³-hybridized carbons (Fsp3) is 0.308. The Morgan fingerprint density at radius 3 is 2.74 bits per heavy atom. The molecule has 0 bridgehead atoms. The van der Waals surface area contributed by atoms with Crippen molar-refractivity contribution in [1.29, 1.82) is 0 Å². The Kier molecular flexibility index (Phi) is 8.25. The number of tetrazole rings is 1. The molecule has 0 radical (unpaired) electrons. The van der Waals surface area contributed by atoms with E-state index >= 15 is 0 Å². The van der Waals surface area contributed by atoms with Crippen LogP contribution in [0.5, 0.6) is 0 Å². The minimum atomic E-state index is -0.919. The van der Waals surface area contributed by atoms with Crippen LogP contribution >= 0.6 is 0 Å². The molecule has 0 aliphatic carbocycles. The van der Waals surface area contributed by atoms with Crippen LogP contribution in [0.1, 0.15) is 39.7 Å². The monoisotopic (exact) mass is 529 g/mol. The highest BCUT2D eigenvalue weighted by Gasteiger charge is 2.23. The molecule has 0 aliphatic rings. The predicted molar refractivity (Wildman–Crippen MR) is 142 cm³/mol. The topological polar surface area (TPSA) is 172 Å². The number of pyridine rings is 1. The molecule has 0 spiro atoms. The van der Waals surface area contributed by atoms with Crippen molar-refractivity contribution < 1.29 is 14.3 Å². The standard InChI is InChI=1S/C26H27N9O4/c1-5-10-35(14-17-12-19-22(11-15(17)2)28-16(3)29-24(19)36)18-6-7-20(27-13-18)25(37)30-21(26(38)39-4)8-9-23-31-33-34-32-23/h1,6-7,11-13,21H,8-10,14H2,2-4H3,(H,30,37)(H,28,29,36)(H,31,32,33,34)/t21-/m0/s1. The Labute approximate surface area is 223 Å². The van der Waals surface area contributed by atoms with Crippen LogP contribution in [0.15, 0.2) is 35.3 Å². The van der Waals surface area contributed by atoms with Crippen molar-refractivity contribution in [2.24, 2.45) is 0 Å². The maximum atomic E-state index is 12.8. The number of aromatic nitrogens is 7. The van der Waals surface area contributed by atoms with Crippen LogP contribution < -0.4 is 15.8 Å². The molecule has 0 unspecified atom stereocenters. The van der Waals surface area contributed by atoms with E-state index in [2.05, 4.69) is 46.8 Å². The summed E-state index contributed by atoms with van der Waals surface area (Å²) in [6, 6.07) is 6.04. The second kappa shape index (κ2) is 12.0. The highest BCUT2D eigenvalue weighted by molar-refractivity contribution is 5.95. The first-order valence-electron chi connectivity index (χ1n) is 12.0. The van der Waals surface area contributed by atoms with E-state index in [1.807, 2.05) is 24.0 Å². The quantitative estimate of drug-likeness (QED) is 0.199. The van der Waals surface area contributed by atoms with Gasteiger partial charge in [0.15, 0.2) is 5.82 Å². The second-order valence-electron chi connectivity index (χ2n) is 8.82. The molecule has 0 fully saturated rings. The summed E-state index contributed by atoms with van der Waals surface area (Å²) in [4.78, 5) is 50.8. The maximum Gasteiger partial charge on any atom is 0.328 e. The molecule has 13 heteroatoms. The molecule has 13 nitrogen and oxygen atoms in total. The lowest BCUT2D eigenvalue weighted by Gasteiger charge is -2.23. The summed E-state index contributed by atoms with van der Waals surface area (Å²) in [6.45, 7) is 4.37. The van der Waals surface area contributed by atoms with E-state index in [4.69, 9.17) is 11.2 Å². The smallest absolute Gasteiger partial charge is 0.328 e. The largest absolute Gasteiger partial charge is 0.467 e. The minimum Gasteiger partial charge on any atom is -0.467 e. The van der Waals surface area contributed by atoms with E-state index in [0.29, 0.717) is 41.2 Å². The molecule has 0 aliphatic heterocycles. The number of aryl methyl sites for hydroxylation is 3. The van der Waals surface area contributed by atoms with Gasteiger partial charge in [-0.1, -0.05) is 11.1 Å². The molecular formula is C26H27N9O4. The number of nitrogens with zero attached hydrogens (tertiary/aromatic N) is 6. The van der Waals surface area contributed by atoms with Gasteiger partial charge in [0.2, 0.25) is 0 Å². The van der Waals surface area contributed by atoms with Crippen LogP contribution in [-0.4, -0.2) is 67.1 Å². The van der Waals surface area contributed by atoms with E-state index in [9.17, 15) is 14.4 Å². The fourth-order valence-electron chi connectivity index (χ4n) is 4.07. The third-order valence-electron chi connectivity index (χ3n) is 6.11. The molecule has 3 aromatic heterocycles. The lowest BCUT2D eigenvalue weighted by atomic mass is 10.0. The van der Waals surface area contributed by atoms with Gasteiger partial charge in [-0.05, 0) is 55.7 Å². The number of aromatic amines is 2. The van der Waals surface area contributed by atoms with E-state index in [1.165, 1.54) is 13.3 Å². The van der Waals surface area contributed by atoms with Crippen molar-refractivity contribution in [3.05, 3.63) is 69.3 Å². The number of hydrogen-bond donors (Lipinski definition) is 3. The van der Waals surface area contributed by atoms with E-state index in [0.717, 1.165) is 11.1 Å². The van der Waals surface area contributed by atoms with Gasteiger partial charge in [-0.2, -0.15) is 5.21 Å². The molecule has 4 aromatic rings. The number of carbonyl (C=O) groups is 2. The molecule has 1 aromatic carbocycles. The van der Waals surface area contributed by atoms with Gasteiger partial charge < -0.3 is 19.9 Å². The summed E-state index contributed by atoms with van der Waals surface area (Å²) in [6.07, 6.45) is 7.69. The van der Waals surface area contributed by atoms with Gasteiger partial charge in [0.05, 0.1) is 36.4 Å². The third-order valence-corrected chi connectivity index (χ3v) is 6.11. The van der Waals surface area contributed by atoms with Crippen molar-refractivity contribution in [2.45, 2.75) is 39.3 Å². The zero-order chi connectivity index (χ0) is 27.9. The Balaban J connectivity index is 1.50. The number of methoxy groups -OCH3 is 1. The fourth-order valence-corrected chi connectivity index (χ4v) is 4.07. The number of terminal acetylenes is 1. The van der Waals surface area contributed by atoms with E-state index < -0.39 is 17.9 Å². The average molecular weight is 530 g/mol. The van der Waals surface area contributed by atoms with Gasteiger partial charge in [0.1, 0.15) is 17.6 Å². The number of ether oxygens (including phenoxy) is 1. The molecule has 3 N–H and O–H groups in total. The van der Waals surface area contributed by atoms with Gasteiger partial charge >= 0.3 is 5.97 Å². The minimum absolute atomic E-state index is 0.114. The first-order valence-corrected chi connectivity index (χ1v) is 12.0. The van der Waals surface area contributed by atoms with Crippen molar-refractivity contribution in [1.82, 2.24) is 40.9 Å². The molecule has 1 atom stereocenters. The molecular weight excluding hydrogens is 502 g/mol. The van der Waals surface area contributed by atoms with Crippen LogP contribution in [0.3, 0.4) is 0 Å². The number of hydrogen-bond acceptors (Lipinski definition) is 10. The van der Waals surface area contributed by atoms with Crippen LogP contribution in [-0.2, 0) is 22.5 Å². The van der Waals surface area contributed by atoms with Crippen LogP contribution in [0, 0.1) is 26.2 Å². The van der Waals surface area contributed by atoms with Gasteiger partial charge in [-0.15, -0.1) is 16.6 Å². The van der Waals surface area contributed by atoms with Crippen molar-refractivity contribution in [2.75, 3.05) is 18.6 Å². The Morgan fingerprint density at radius 1 is 1.26 bits per heavy atom.